The average molecular weight is 498 g/mol. The van der Waals surface area contributed by atoms with Crippen molar-refractivity contribution in [1.82, 2.24) is 4.90 Å². The first-order chi connectivity index (χ1) is 13.3. The van der Waals surface area contributed by atoms with Crippen LogP contribution in [0, 0.1) is 0 Å². The van der Waals surface area contributed by atoms with Gasteiger partial charge in [0.2, 0.25) is 0 Å². The van der Waals surface area contributed by atoms with E-state index < -0.39 is 10.0 Å². The first-order valence-electron chi connectivity index (χ1n) is 7.98. The molecule has 1 aliphatic heterocycles. The van der Waals surface area contributed by atoms with Gasteiger partial charge in [-0.1, -0.05) is 45.7 Å². The van der Waals surface area contributed by atoms with Gasteiger partial charge in [-0.05, 0) is 59.8 Å². The van der Waals surface area contributed by atoms with Gasteiger partial charge in [-0.2, -0.15) is 8.42 Å². The molecule has 0 atom stereocenters. The van der Waals surface area contributed by atoms with Crippen LogP contribution < -0.4 is 0 Å². The second-order valence-corrected chi connectivity index (χ2v) is 9.63. The van der Waals surface area contributed by atoms with Crippen molar-refractivity contribution in [2.75, 3.05) is 6.54 Å². The lowest BCUT2D eigenvalue weighted by Gasteiger charge is -2.12. The van der Waals surface area contributed by atoms with Gasteiger partial charge in [-0.15, -0.1) is 11.0 Å². The summed E-state index contributed by atoms with van der Waals surface area (Å²) in [4.78, 5) is 14.4. The van der Waals surface area contributed by atoms with Gasteiger partial charge in [0, 0.05) is 16.0 Å². The van der Waals surface area contributed by atoms with Gasteiger partial charge in [-0.3, -0.25) is 9.69 Å². The Labute approximate surface area is 181 Å². The van der Waals surface area contributed by atoms with E-state index in [1.165, 1.54) is 35.2 Å². The summed E-state index contributed by atoms with van der Waals surface area (Å²) in [5, 5.41) is 0.508. The van der Waals surface area contributed by atoms with E-state index >= 15 is 0 Å². The van der Waals surface area contributed by atoms with Gasteiger partial charge in [0.15, 0.2) is 5.17 Å². The normalized spacial score (nSPS) is 17.5. The zero-order valence-electron chi connectivity index (χ0n) is 14.4. The average Bonchev–Trinajstić information content (AvgIpc) is 2.92. The highest BCUT2D eigenvalue weighted by Crippen LogP contribution is 2.34. The van der Waals surface area contributed by atoms with Gasteiger partial charge >= 0.3 is 0 Å². The standard InChI is InChI=1S/C19H14BrClN2O3S2/c1-2-11-23-18(24)17(12-13-3-5-14(20)6-4-13)27-19(23)22-28(25,26)16-9-7-15(21)8-10-16/h2-10,12H,1,11H2/b17-12-,22-19?. The maximum absolute atomic E-state index is 12.7. The molecule has 0 spiro atoms. The molecule has 0 aromatic heterocycles. The summed E-state index contributed by atoms with van der Waals surface area (Å²) in [7, 11) is -3.99. The fourth-order valence-electron chi connectivity index (χ4n) is 2.34. The van der Waals surface area contributed by atoms with Crippen molar-refractivity contribution < 1.29 is 13.2 Å². The fraction of sp³-hybridized carbons (Fsp3) is 0.0526. The summed E-state index contributed by atoms with van der Waals surface area (Å²) in [6, 6.07) is 13.1. The van der Waals surface area contributed by atoms with E-state index in [2.05, 4.69) is 26.9 Å². The van der Waals surface area contributed by atoms with E-state index in [9.17, 15) is 13.2 Å². The van der Waals surface area contributed by atoms with Crippen LogP contribution in [0.4, 0.5) is 0 Å². The Morgan fingerprint density at radius 1 is 1.14 bits per heavy atom. The largest absolute Gasteiger partial charge is 0.284 e. The SMILES string of the molecule is C=CCN1C(=O)/C(=C/c2ccc(Br)cc2)SC1=NS(=O)(=O)c1ccc(Cl)cc1. The summed E-state index contributed by atoms with van der Waals surface area (Å²) in [5.74, 6) is -0.321. The maximum Gasteiger partial charge on any atom is 0.284 e. The molecule has 0 N–H and O–H groups in total. The number of rotatable bonds is 5. The lowest BCUT2D eigenvalue weighted by Crippen LogP contribution is -2.29. The Morgan fingerprint density at radius 3 is 2.39 bits per heavy atom. The molecular formula is C19H14BrClN2O3S2. The third-order valence-corrected chi connectivity index (χ3v) is 6.86. The minimum Gasteiger partial charge on any atom is -0.282 e. The van der Waals surface area contributed by atoms with Gasteiger partial charge in [-0.25, -0.2) is 0 Å². The number of nitrogens with zero attached hydrogens (tertiary/aromatic N) is 2. The molecule has 2 aromatic carbocycles. The molecule has 144 valence electrons. The van der Waals surface area contributed by atoms with Gasteiger partial charge in [0.05, 0.1) is 9.80 Å². The van der Waals surface area contributed by atoms with Crippen LogP contribution in [-0.4, -0.2) is 30.9 Å². The third kappa shape index (κ3) is 4.75. The fourth-order valence-corrected chi connectivity index (χ4v) is 4.92. The number of thioether (sulfide) groups is 1. The van der Waals surface area contributed by atoms with Crippen molar-refractivity contribution in [3.63, 3.8) is 0 Å². The summed E-state index contributed by atoms with van der Waals surface area (Å²) < 4.78 is 30.1. The van der Waals surface area contributed by atoms with Crippen LogP contribution in [0.2, 0.25) is 5.02 Å². The number of amidine groups is 1. The van der Waals surface area contributed by atoms with E-state index in [-0.39, 0.29) is 22.5 Å². The molecule has 9 heteroatoms. The number of sulfonamides is 1. The number of carbonyl (C=O) groups is 1. The smallest absolute Gasteiger partial charge is 0.282 e. The van der Waals surface area contributed by atoms with Crippen LogP contribution in [0.5, 0.6) is 0 Å². The molecule has 1 fully saturated rings. The van der Waals surface area contributed by atoms with Gasteiger partial charge in [0.25, 0.3) is 15.9 Å². The Kier molecular flexibility index (Phi) is 6.44. The quantitative estimate of drug-likeness (QED) is 0.433. The van der Waals surface area contributed by atoms with Crippen molar-refractivity contribution in [1.29, 1.82) is 0 Å². The van der Waals surface area contributed by atoms with Crippen molar-refractivity contribution in [3.8, 4) is 0 Å². The topological polar surface area (TPSA) is 66.8 Å². The van der Waals surface area contributed by atoms with Gasteiger partial charge in [0.1, 0.15) is 0 Å². The molecule has 0 unspecified atom stereocenters. The van der Waals surface area contributed by atoms with E-state index in [4.69, 9.17) is 11.6 Å². The minimum atomic E-state index is -3.99. The van der Waals surface area contributed by atoms with Crippen molar-refractivity contribution >= 4 is 66.5 Å². The van der Waals surface area contributed by atoms with Crippen molar-refractivity contribution in [2.24, 2.45) is 4.40 Å². The van der Waals surface area contributed by atoms with Crippen LogP contribution in [-0.2, 0) is 14.8 Å². The van der Waals surface area contributed by atoms with Crippen LogP contribution in [0.25, 0.3) is 6.08 Å². The Hall–Kier alpha value is -1.87. The lowest BCUT2D eigenvalue weighted by atomic mass is 10.2. The summed E-state index contributed by atoms with van der Waals surface area (Å²) >= 11 is 10.2. The van der Waals surface area contributed by atoms with Crippen molar-refractivity contribution in [2.45, 2.75) is 4.90 Å². The molecule has 1 saturated heterocycles. The van der Waals surface area contributed by atoms with Crippen LogP contribution in [0.1, 0.15) is 5.56 Å². The maximum atomic E-state index is 12.7. The summed E-state index contributed by atoms with van der Waals surface area (Å²) in [5.41, 5.74) is 0.819. The minimum absolute atomic E-state index is 0.00124. The van der Waals surface area contributed by atoms with E-state index in [0.29, 0.717) is 9.93 Å². The number of hydrogen-bond donors (Lipinski definition) is 0. The molecule has 3 rings (SSSR count). The highest BCUT2D eigenvalue weighted by Gasteiger charge is 2.34. The van der Waals surface area contributed by atoms with Gasteiger partial charge < -0.3 is 0 Å². The Morgan fingerprint density at radius 2 is 1.79 bits per heavy atom. The molecule has 0 aliphatic carbocycles. The molecule has 1 aliphatic rings. The second kappa shape index (κ2) is 8.65. The van der Waals surface area contributed by atoms with Crippen LogP contribution in [0.3, 0.4) is 0 Å². The van der Waals surface area contributed by atoms with E-state index in [0.717, 1.165) is 21.8 Å². The first kappa shape index (κ1) is 20.9. The first-order valence-corrected chi connectivity index (χ1v) is 11.4. The predicted molar refractivity (Wildman–Crippen MR) is 118 cm³/mol. The lowest BCUT2D eigenvalue weighted by molar-refractivity contribution is -0.121. The number of amides is 1. The monoisotopic (exact) mass is 496 g/mol. The van der Waals surface area contributed by atoms with Crippen LogP contribution >= 0.6 is 39.3 Å². The summed E-state index contributed by atoms with van der Waals surface area (Å²) in [6.45, 7) is 3.78. The highest BCUT2D eigenvalue weighted by molar-refractivity contribution is 9.10. The number of benzene rings is 2. The molecule has 5 nitrogen and oxygen atoms in total. The molecular weight excluding hydrogens is 484 g/mol. The molecule has 28 heavy (non-hydrogen) atoms. The second-order valence-electron chi connectivity index (χ2n) is 5.67. The van der Waals surface area contributed by atoms with Crippen LogP contribution in [0.15, 0.2) is 79.9 Å². The molecule has 1 amide bonds. The molecule has 2 aromatic rings. The van der Waals surface area contributed by atoms with E-state index in [1.54, 1.807) is 6.08 Å². The van der Waals surface area contributed by atoms with Crippen molar-refractivity contribution in [3.05, 3.63) is 81.1 Å². The predicted octanol–water partition coefficient (Wildman–Crippen LogP) is 4.95. The molecule has 0 saturated carbocycles. The Balaban J connectivity index is 1.98. The molecule has 0 radical (unpaired) electrons. The Bertz CT molecular complexity index is 1080. The number of hydrogen-bond acceptors (Lipinski definition) is 4. The zero-order chi connectivity index (χ0) is 20.3. The summed E-state index contributed by atoms with van der Waals surface area (Å²) in [6.07, 6.45) is 3.22. The number of halogens is 2. The third-order valence-electron chi connectivity index (χ3n) is 3.68. The highest BCUT2D eigenvalue weighted by atomic mass is 79.9. The zero-order valence-corrected chi connectivity index (χ0v) is 18.4. The van der Waals surface area contributed by atoms with E-state index in [1.807, 2.05) is 24.3 Å². The molecule has 0 bridgehead atoms. The molecule has 1 heterocycles. The number of carbonyl (C=O) groups excluding carboxylic acids is 1.